The molecule has 0 aliphatic rings. The SMILES string of the molecule is C=CCCC(NC(=O)Cc1c(C)nn(-c2ccccc2)c1C)C(=O)O. The van der Waals surface area contributed by atoms with E-state index in [1.165, 1.54) is 0 Å². The minimum absolute atomic E-state index is 0.0996. The van der Waals surface area contributed by atoms with Crippen molar-refractivity contribution in [2.24, 2.45) is 0 Å². The average molecular weight is 341 g/mol. The third kappa shape index (κ3) is 4.56. The molecule has 0 fully saturated rings. The number of carbonyl (C=O) groups is 2. The zero-order valence-corrected chi connectivity index (χ0v) is 14.5. The Hall–Kier alpha value is -2.89. The highest BCUT2D eigenvalue weighted by molar-refractivity contribution is 5.85. The van der Waals surface area contributed by atoms with Crippen LogP contribution in [0.15, 0.2) is 43.0 Å². The largest absolute Gasteiger partial charge is 0.480 e. The van der Waals surface area contributed by atoms with Gasteiger partial charge in [0.25, 0.3) is 0 Å². The smallest absolute Gasteiger partial charge is 0.326 e. The van der Waals surface area contributed by atoms with Crippen molar-refractivity contribution >= 4 is 11.9 Å². The standard InChI is InChI=1S/C19H23N3O3/c1-4-5-11-17(19(24)25)20-18(23)12-16-13(2)21-22(14(16)3)15-9-7-6-8-10-15/h4,6-10,17H,1,5,11-12H2,2-3H3,(H,20,23)(H,24,25). The van der Waals surface area contributed by atoms with Crippen molar-refractivity contribution in [1.82, 2.24) is 15.1 Å². The van der Waals surface area contributed by atoms with E-state index < -0.39 is 12.0 Å². The first kappa shape index (κ1) is 18.4. The lowest BCUT2D eigenvalue weighted by Gasteiger charge is -2.13. The Bertz CT molecular complexity index is 766. The van der Waals surface area contributed by atoms with Crippen LogP contribution in [0, 0.1) is 13.8 Å². The summed E-state index contributed by atoms with van der Waals surface area (Å²) in [5.41, 5.74) is 3.37. The third-order valence-electron chi connectivity index (χ3n) is 4.07. The maximum atomic E-state index is 12.3. The number of para-hydroxylation sites is 1. The highest BCUT2D eigenvalue weighted by Gasteiger charge is 2.21. The Labute approximate surface area is 147 Å². The summed E-state index contributed by atoms with van der Waals surface area (Å²) >= 11 is 0. The second kappa shape index (κ2) is 8.28. The number of carboxylic acid groups (broad SMARTS) is 1. The number of allylic oxidation sites excluding steroid dienone is 1. The van der Waals surface area contributed by atoms with Crippen LogP contribution >= 0.6 is 0 Å². The number of rotatable bonds is 8. The summed E-state index contributed by atoms with van der Waals surface area (Å²) in [5, 5.41) is 16.3. The second-order valence-corrected chi connectivity index (χ2v) is 5.90. The number of aromatic nitrogens is 2. The zero-order valence-electron chi connectivity index (χ0n) is 14.5. The number of carboxylic acids is 1. The molecular formula is C19H23N3O3. The summed E-state index contributed by atoms with van der Waals surface area (Å²) in [7, 11) is 0. The normalized spacial score (nSPS) is 11.8. The molecule has 0 spiro atoms. The van der Waals surface area contributed by atoms with Gasteiger partial charge in [-0.1, -0.05) is 24.3 Å². The average Bonchev–Trinajstić information content (AvgIpc) is 2.87. The predicted molar refractivity (Wildman–Crippen MR) is 95.7 cm³/mol. The van der Waals surface area contributed by atoms with Gasteiger partial charge in [-0.2, -0.15) is 5.10 Å². The molecular weight excluding hydrogens is 318 g/mol. The van der Waals surface area contributed by atoms with Crippen LogP contribution in [-0.2, 0) is 16.0 Å². The van der Waals surface area contributed by atoms with Gasteiger partial charge < -0.3 is 10.4 Å². The quantitative estimate of drug-likeness (QED) is 0.723. The van der Waals surface area contributed by atoms with Gasteiger partial charge in [0.05, 0.1) is 17.8 Å². The molecule has 0 aliphatic carbocycles. The molecule has 2 N–H and O–H groups in total. The van der Waals surface area contributed by atoms with E-state index in [1.807, 2.05) is 44.2 Å². The van der Waals surface area contributed by atoms with E-state index in [4.69, 9.17) is 0 Å². The van der Waals surface area contributed by atoms with Crippen molar-refractivity contribution in [1.29, 1.82) is 0 Å². The number of hydrogen-bond donors (Lipinski definition) is 2. The number of amides is 1. The van der Waals surface area contributed by atoms with Gasteiger partial charge in [-0.25, -0.2) is 9.48 Å². The summed E-state index contributed by atoms with van der Waals surface area (Å²) in [6, 6.07) is 8.76. The van der Waals surface area contributed by atoms with Crippen LogP contribution in [0.3, 0.4) is 0 Å². The lowest BCUT2D eigenvalue weighted by atomic mass is 10.1. The van der Waals surface area contributed by atoms with Gasteiger partial charge in [-0.05, 0) is 38.8 Å². The maximum Gasteiger partial charge on any atom is 0.326 e. The Kier molecular flexibility index (Phi) is 6.11. The van der Waals surface area contributed by atoms with Crippen LogP contribution in [0.4, 0.5) is 0 Å². The second-order valence-electron chi connectivity index (χ2n) is 5.90. The van der Waals surface area contributed by atoms with Crippen molar-refractivity contribution in [3.8, 4) is 5.69 Å². The third-order valence-corrected chi connectivity index (χ3v) is 4.07. The molecule has 0 saturated carbocycles. The van der Waals surface area contributed by atoms with Crippen molar-refractivity contribution in [2.75, 3.05) is 0 Å². The molecule has 132 valence electrons. The van der Waals surface area contributed by atoms with Gasteiger partial charge >= 0.3 is 5.97 Å². The van der Waals surface area contributed by atoms with Crippen LogP contribution in [-0.4, -0.2) is 32.8 Å². The summed E-state index contributed by atoms with van der Waals surface area (Å²) in [6.45, 7) is 7.33. The number of hydrogen-bond acceptors (Lipinski definition) is 3. The molecule has 1 heterocycles. The number of nitrogens with one attached hydrogen (secondary N) is 1. The van der Waals surface area contributed by atoms with Crippen LogP contribution in [0.5, 0.6) is 0 Å². The number of carbonyl (C=O) groups excluding carboxylic acids is 1. The summed E-state index contributed by atoms with van der Waals surface area (Å²) in [5.74, 6) is -1.36. The summed E-state index contributed by atoms with van der Waals surface area (Å²) in [6.07, 6.45) is 2.59. The topological polar surface area (TPSA) is 84.2 Å². The molecule has 2 rings (SSSR count). The van der Waals surface area contributed by atoms with Gasteiger partial charge in [0, 0.05) is 11.3 Å². The number of benzene rings is 1. The minimum atomic E-state index is -1.04. The van der Waals surface area contributed by atoms with Crippen LogP contribution < -0.4 is 5.32 Å². The van der Waals surface area contributed by atoms with E-state index in [2.05, 4.69) is 17.0 Å². The minimum Gasteiger partial charge on any atom is -0.480 e. The first-order valence-corrected chi connectivity index (χ1v) is 8.17. The summed E-state index contributed by atoms with van der Waals surface area (Å²) in [4.78, 5) is 23.6. The van der Waals surface area contributed by atoms with Gasteiger partial charge in [0.1, 0.15) is 6.04 Å². The molecule has 1 atom stereocenters. The maximum absolute atomic E-state index is 12.3. The molecule has 0 radical (unpaired) electrons. The Morgan fingerprint density at radius 2 is 2.00 bits per heavy atom. The lowest BCUT2D eigenvalue weighted by molar-refractivity contribution is -0.141. The molecule has 1 unspecified atom stereocenters. The number of nitrogens with zero attached hydrogens (tertiary/aromatic N) is 2. The van der Waals surface area contributed by atoms with E-state index in [0.717, 1.165) is 22.6 Å². The molecule has 0 bridgehead atoms. The van der Waals surface area contributed by atoms with Crippen LogP contribution in [0.1, 0.15) is 29.8 Å². The fourth-order valence-electron chi connectivity index (χ4n) is 2.70. The molecule has 0 aliphatic heterocycles. The van der Waals surface area contributed by atoms with Crippen molar-refractivity contribution in [3.05, 3.63) is 59.9 Å². The van der Waals surface area contributed by atoms with Crippen molar-refractivity contribution in [2.45, 2.75) is 39.2 Å². The lowest BCUT2D eigenvalue weighted by Crippen LogP contribution is -2.41. The fraction of sp³-hybridized carbons (Fsp3) is 0.316. The van der Waals surface area contributed by atoms with Gasteiger partial charge in [-0.15, -0.1) is 6.58 Å². The molecule has 25 heavy (non-hydrogen) atoms. The predicted octanol–water partition coefficient (Wildman–Crippen LogP) is 2.57. The molecule has 6 heteroatoms. The van der Waals surface area contributed by atoms with E-state index in [-0.39, 0.29) is 12.3 Å². The first-order valence-electron chi connectivity index (χ1n) is 8.17. The molecule has 1 aromatic carbocycles. The fourth-order valence-corrected chi connectivity index (χ4v) is 2.70. The zero-order chi connectivity index (χ0) is 18.4. The Morgan fingerprint density at radius 1 is 1.32 bits per heavy atom. The van der Waals surface area contributed by atoms with E-state index in [1.54, 1.807) is 10.8 Å². The Balaban J connectivity index is 2.14. The van der Waals surface area contributed by atoms with Gasteiger partial charge in [0.15, 0.2) is 0 Å². The first-order chi connectivity index (χ1) is 11.9. The highest BCUT2D eigenvalue weighted by Crippen LogP contribution is 2.18. The van der Waals surface area contributed by atoms with Crippen LogP contribution in [0.25, 0.3) is 5.69 Å². The number of aryl methyl sites for hydroxylation is 1. The van der Waals surface area contributed by atoms with E-state index in [0.29, 0.717) is 12.8 Å². The monoisotopic (exact) mass is 341 g/mol. The number of aliphatic carboxylic acids is 1. The van der Waals surface area contributed by atoms with Crippen molar-refractivity contribution in [3.63, 3.8) is 0 Å². The molecule has 2 aromatic rings. The van der Waals surface area contributed by atoms with Crippen molar-refractivity contribution < 1.29 is 14.7 Å². The molecule has 1 amide bonds. The Morgan fingerprint density at radius 3 is 2.60 bits per heavy atom. The van der Waals surface area contributed by atoms with E-state index >= 15 is 0 Å². The molecule has 6 nitrogen and oxygen atoms in total. The highest BCUT2D eigenvalue weighted by atomic mass is 16.4. The van der Waals surface area contributed by atoms with Crippen LogP contribution in [0.2, 0.25) is 0 Å². The molecule has 0 saturated heterocycles. The van der Waals surface area contributed by atoms with Gasteiger partial charge in [0.2, 0.25) is 5.91 Å². The van der Waals surface area contributed by atoms with E-state index in [9.17, 15) is 14.7 Å². The molecule has 1 aromatic heterocycles. The van der Waals surface area contributed by atoms with Gasteiger partial charge in [-0.3, -0.25) is 4.79 Å². The summed E-state index contributed by atoms with van der Waals surface area (Å²) < 4.78 is 1.80.